The highest BCUT2D eigenvalue weighted by Crippen LogP contribution is 2.21. The number of aryl methyl sites for hydroxylation is 2. The number of likely N-dealkylation sites (tertiary alicyclic amines) is 1. The molecule has 0 spiro atoms. The zero-order valence-corrected chi connectivity index (χ0v) is 18.3. The lowest BCUT2D eigenvalue weighted by Gasteiger charge is -2.16. The van der Waals surface area contributed by atoms with Crippen LogP contribution in [0.15, 0.2) is 71.6 Å². The van der Waals surface area contributed by atoms with Gasteiger partial charge < -0.3 is 4.90 Å². The quantitative estimate of drug-likeness (QED) is 0.488. The standard InChI is InChI=1S/C25H29NO3S/c1-20-8-12-25(13-9-20)30(27,28)29-19-22-14-16-26(18-22)15-4-5-21-10-11-23-6-2-3-7-24(23)17-21/h2-3,6-13,17,22H,4-5,14-16,18-19H2,1H3. The number of hydrogen-bond donors (Lipinski definition) is 0. The van der Waals surface area contributed by atoms with Crippen molar-refractivity contribution in [3.63, 3.8) is 0 Å². The van der Waals surface area contributed by atoms with Gasteiger partial charge in [0.25, 0.3) is 10.1 Å². The van der Waals surface area contributed by atoms with Crippen molar-refractivity contribution in [2.45, 2.75) is 31.1 Å². The van der Waals surface area contributed by atoms with Crippen molar-refractivity contribution in [3.05, 3.63) is 77.9 Å². The van der Waals surface area contributed by atoms with Crippen LogP contribution in [0, 0.1) is 12.8 Å². The van der Waals surface area contributed by atoms with Crippen LogP contribution in [0.5, 0.6) is 0 Å². The molecular weight excluding hydrogens is 394 g/mol. The lowest BCUT2D eigenvalue weighted by atomic mass is 10.0. The van der Waals surface area contributed by atoms with E-state index in [1.54, 1.807) is 24.3 Å². The maximum absolute atomic E-state index is 12.4. The zero-order valence-electron chi connectivity index (χ0n) is 17.5. The maximum Gasteiger partial charge on any atom is 0.296 e. The number of fused-ring (bicyclic) bond motifs is 1. The van der Waals surface area contributed by atoms with Gasteiger partial charge in [-0.3, -0.25) is 4.18 Å². The van der Waals surface area contributed by atoms with Gasteiger partial charge in [-0.05, 0) is 73.7 Å². The van der Waals surface area contributed by atoms with Crippen molar-refractivity contribution < 1.29 is 12.6 Å². The van der Waals surface area contributed by atoms with Crippen LogP contribution in [0.1, 0.15) is 24.0 Å². The third-order valence-electron chi connectivity index (χ3n) is 5.89. The van der Waals surface area contributed by atoms with Gasteiger partial charge in [-0.25, -0.2) is 0 Å². The van der Waals surface area contributed by atoms with E-state index in [1.807, 2.05) is 6.92 Å². The highest BCUT2D eigenvalue weighted by Gasteiger charge is 2.25. The van der Waals surface area contributed by atoms with Gasteiger partial charge in [-0.1, -0.05) is 60.2 Å². The molecule has 0 aromatic heterocycles. The van der Waals surface area contributed by atoms with Crippen LogP contribution in [-0.4, -0.2) is 39.6 Å². The first-order chi connectivity index (χ1) is 14.5. The monoisotopic (exact) mass is 423 g/mol. The van der Waals surface area contributed by atoms with Crippen molar-refractivity contribution in [1.29, 1.82) is 0 Å². The van der Waals surface area contributed by atoms with Crippen LogP contribution in [0.2, 0.25) is 0 Å². The average Bonchev–Trinajstić information content (AvgIpc) is 3.20. The number of rotatable bonds is 8. The summed E-state index contributed by atoms with van der Waals surface area (Å²) in [5.41, 5.74) is 2.40. The highest BCUT2D eigenvalue weighted by atomic mass is 32.2. The van der Waals surface area contributed by atoms with E-state index in [0.29, 0.717) is 0 Å². The van der Waals surface area contributed by atoms with Gasteiger partial charge in [0.15, 0.2) is 0 Å². The van der Waals surface area contributed by atoms with Crippen molar-refractivity contribution in [1.82, 2.24) is 4.90 Å². The first-order valence-corrected chi connectivity index (χ1v) is 12.1. The van der Waals surface area contributed by atoms with Crippen LogP contribution in [0.3, 0.4) is 0 Å². The fourth-order valence-corrected chi connectivity index (χ4v) is 5.09. The van der Waals surface area contributed by atoms with Gasteiger partial charge in [0.2, 0.25) is 0 Å². The molecule has 0 aliphatic carbocycles. The Balaban J connectivity index is 1.22. The van der Waals surface area contributed by atoms with Crippen molar-refractivity contribution >= 4 is 20.9 Å². The molecule has 4 rings (SSSR count). The Hall–Kier alpha value is -2.21. The van der Waals surface area contributed by atoms with Gasteiger partial charge in [0.05, 0.1) is 11.5 Å². The third-order valence-corrected chi connectivity index (χ3v) is 7.19. The molecule has 1 saturated heterocycles. The Bertz CT molecular complexity index is 1090. The molecule has 3 aromatic rings. The second-order valence-corrected chi connectivity index (χ2v) is 9.91. The lowest BCUT2D eigenvalue weighted by molar-refractivity contribution is 0.244. The summed E-state index contributed by atoms with van der Waals surface area (Å²) in [7, 11) is -3.67. The van der Waals surface area contributed by atoms with Crippen LogP contribution < -0.4 is 0 Å². The van der Waals surface area contributed by atoms with Gasteiger partial charge in [-0.2, -0.15) is 8.42 Å². The van der Waals surface area contributed by atoms with Gasteiger partial charge in [0.1, 0.15) is 0 Å². The van der Waals surface area contributed by atoms with E-state index in [9.17, 15) is 8.42 Å². The van der Waals surface area contributed by atoms with Crippen LogP contribution in [0.25, 0.3) is 10.8 Å². The summed E-state index contributed by atoms with van der Waals surface area (Å²) in [6, 6.07) is 22.0. The predicted octanol–water partition coefficient (Wildman–Crippen LogP) is 4.81. The van der Waals surface area contributed by atoms with E-state index >= 15 is 0 Å². The molecule has 30 heavy (non-hydrogen) atoms. The Labute approximate surface area is 179 Å². The van der Waals surface area contributed by atoms with Crippen molar-refractivity contribution in [2.24, 2.45) is 5.92 Å². The summed E-state index contributed by atoms with van der Waals surface area (Å²) in [6.07, 6.45) is 3.15. The molecule has 5 heteroatoms. The van der Waals surface area contributed by atoms with Gasteiger partial charge in [-0.15, -0.1) is 0 Å². The Morgan fingerprint density at radius 3 is 2.57 bits per heavy atom. The molecule has 1 fully saturated rings. The summed E-state index contributed by atoms with van der Waals surface area (Å²) < 4.78 is 30.1. The normalized spacial score (nSPS) is 17.6. The molecule has 0 amide bonds. The fraction of sp³-hybridized carbons (Fsp3) is 0.360. The molecule has 0 radical (unpaired) electrons. The van der Waals surface area contributed by atoms with E-state index in [1.165, 1.54) is 16.3 Å². The molecule has 1 aliphatic rings. The number of benzene rings is 3. The smallest absolute Gasteiger partial charge is 0.296 e. The summed E-state index contributed by atoms with van der Waals surface area (Å²) in [6.45, 7) is 5.15. The summed E-state index contributed by atoms with van der Waals surface area (Å²) in [4.78, 5) is 2.66. The minimum absolute atomic E-state index is 0.235. The third kappa shape index (κ3) is 5.28. The van der Waals surface area contributed by atoms with E-state index < -0.39 is 10.1 Å². The molecule has 1 aliphatic heterocycles. The van der Waals surface area contributed by atoms with Crippen LogP contribution in [0.4, 0.5) is 0 Å². The second-order valence-electron chi connectivity index (χ2n) is 8.29. The van der Waals surface area contributed by atoms with Gasteiger partial charge in [0, 0.05) is 6.54 Å². The molecule has 3 aromatic carbocycles. The Kier molecular flexibility index (Phi) is 6.52. The van der Waals surface area contributed by atoms with Crippen LogP contribution >= 0.6 is 0 Å². The first kappa shape index (κ1) is 21.0. The molecule has 4 nitrogen and oxygen atoms in total. The predicted molar refractivity (Wildman–Crippen MR) is 121 cm³/mol. The zero-order chi connectivity index (χ0) is 21.0. The second kappa shape index (κ2) is 9.29. The summed E-state index contributed by atoms with van der Waals surface area (Å²) in [5.74, 6) is 0.269. The lowest BCUT2D eigenvalue weighted by Crippen LogP contribution is -2.24. The van der Waals surface area contributed by atoms with E-state index in [4.69, 9.17) is 4.18 Å². The molecule has 0 N–H and O–H groups in total. The Morgan fingerprint density at radius 1 is 1.00 bits per heavy atom. The van der Waals surface area contributed by atoms with E-state index in [0.717, 1.165) is 44.5 Å². The number of nitrogens with zero attached hydrogens (tertiary/aromatic N) is 1. The Morgan fingerprint density at radius 2 is 1.77 bits per heavy atom. The largest absolute Gasteiger partial charge is 0.303 e. The topological polar surface area (TPSA) is 46.6 Å². The van der Waals surface area contributed by atoms with Crippen LogP contribution in [-0.2, 0) is 20.7 Å². The summed E-state index contributed by atoms with van der Waals surface area (Å²) >= 11 is 0. The maximum atomic E-state index is 12.4. The average molecular weight is 424 g/mol. The highest BCUT2D eigenvalue weighted by molar-refractivity contribution is 7.86. The molecule has 1 atom stereocenters. The minimum atomic E-state index is -3.67. The SMILES string of the molecule is Cc1ccc(S(=O)(=O)OCC2CCN(CCCc3ccc4ccccc4c3)C2)cc1. The van der Waals surface area contributed by atoms with Gasteiger partial charge >= 0.3 is 0 Å². The van der Waals surface area contributed by atoms with Crippen molar-refractivity contribution in [2.75, 3.05) is 26.2 Å². The molecular formula is C25H29NO3S. The molecule has 0 bridgehead atoms. The van der Waals surface area contributed by atoms with E-state index in [2.05, 4.69) is 47.4 Å². The molecule has 1 unspecified atom stereocenters. The molecule has 0 saturated carbocycles. The summed E-state index contributed by atoms with van der Waals surface area (Å²) in [5, 5.41) is 2.58. The number of hydrogen-bond acceptors (Lipinski definition) is 4. The molecule has 1 heterocycles. The fourth-order valence-electron chi connectivity index (χ4n) is 4.11. The first-order valence-electron chi connectivity index (χ1n) is 10.7. The minimum Gasteiger partial charge on any atom is -0.303 e. The van der Waals surface area contributed by atoms with E-state index in [-0.39, 0.29) is 17.4 Å². The molecule has 158 valence electrons. The van der Waals surface area contributed by atoms with Crippen molar-refractivity contribution in [3.8, 4) is 0 Å².